The molecule has 0 atom stereocenters. The fourth-order valence-electron chi connectivity index (χ4n) is 3.52. The molecule has 1 amide bonds. The SMILES string of the molecule is CC.CN1CCN(C(=O)C2=C(c3ccc(F)cc3)c3cc(F)ccc3OC2)CC1. The first-order valence-corrected chi connectivity index (χ1v) is 9.92. The van der Waals surface area contributed by atoms with Gasteiger partial charge in [0.05, 0.1) is 5.57 Å². The second-order valence-corrected chi connectivity index (χ2v) is 6.89. The number of piperazine rings is 1. The van der Waals surface area contributed by atoms with Crippen LogP contribution in [0.1, 0.15) is 25.0 Å². The summed E-state index contributed by atoms with van der Waals surface area (Å²) in [5, 5.41) is 0. The van der Waals surface area contributed by atoms with Gasteiger partial charge in [0, 0.05) is 37.3 Å². The van der Waals surface area contributed by atoms with Gasteiger partial charge in [-0.2, -0.15) is 0 Å². The molecule has 0 spiro atoms. The highest BCUT2D eigenvalue weighted by atomic mass is 19.1. The van der Waals surface area contributed by atoms with E-state index in [4.69, 9.17) is 4.74 Å². The molecule has 0 unspecified atom stereocenters. The number of rotatable bonds is 2. The number of carbonyl (C=O) groups excluding carboxylic acids is 1. The maximum absolute atomic E-state index is 13.9. The Balaban J connectivity index is 0.00000117. The van der Waals surface area contributed by atoms with Gasteiger partial charge in [0.15, 0.2) is 0 Å². The molecule has 4 nitrogen and oxygen atoms in total. The summed E-state index contributed by atoms with van der Waals surface area (Å²) in [6, 6.07) is 10.2. The number of amides is 1. The maximum atomic E-state index is 13.9. The topological polar surface area (TPSA) is 32.8 Å². The number of halogens is 2. The van der Waals surface area contributed by atoms with E-state index in [9.17, 15) is 13.6 Å². The van der Waals surface area contributed by atoms with E-state index in [0.29, 0.717) is 41.1 Å². The number of hydrogen-bond acceptors (Lipinski definition) is 3. The average molecular weight is 400 g/mol. The van der Waals surface area contributed by atoms with Crippen molar-refractivity contribution in [3.63, 3.8) is 0 Å². The first-order chi connectivity index (χ1) is 14.0. The third-order valence-corrected chi connectivity index (χ3v) is 5.07. The molecule has 6 heteroatoms. The molecule has 2 aromatic carbocycles. The van der Waals surface area contributed by atoms with Gasteiger partial charge in [-0.05, 0) is 42.9 Å². The van der Waals surface area contributed by atoms with Crippen molar-refractivity contribution in [2.24, 2.45) is 0 Å². The normalized spacial score (nSPS) is 16.5. The molecule has 4 rings (SSSR count). The van der Waals surface area contributed by atoms with Crippen molar-refractivity contribution in [3.05, 3.63) is 70.8 Å². The summed E-state index contributed by atoms with van der Waals surface area (Å²) in [4.78, 5) is 17.2. The van der Waals surface area contributed by atoms with Gasteiger partial charge in [0.1, 0.15) is 24.0 Å². The van der Waals surface area contributed by atoms with Crippen LogP contribution < -0.4 is 4.74 Å². The highest BCUT2D eigenvalue weighted by molar-refractivity contribution is 6.06. The summed E-state index contributed by atoms with van der Waals surface area (Å²) in [5.74, 6) is -0.369. The van der Waals surface area contributed by atoms with Crippen molar-refractivity contribution in [2.75, 3.05) is 39.8 Å². The predicted molar refractivity (Wildman–Crippen MR) is 110 cm³/mol. The van der Waals surface area contributed by atoms with Crippen LogP contribution in [0.3, 0.4) is 0 Å². The number of carbonyl (C=O) groups is 1. The highest BCUT2D eigenvalue weighted by Gasteiger charge is 2.30. The van der Waals surface area contributed by atoms with Crippen molar-refractivity contribution >= 4 is 11.5 Å². The summed E-state index contributed by atoms with van der Waals surface area (Å²) in [6.07, 6.45) is 0. The third-order valence-electron chi connectivity index (χ3n) is 5.07. The summed E-state index contributed by atoms with van der Waals surface area (Å²) in [7, 11) is 2.02. The number of nitrogens with zero attached hydrogens (tertiary/aromatic N) is 2. The van der Waals surface area contributed by atoms with Crippen LogP contribution in [-0.4, -0.2) is 55.5 Å². The van der Waals surface area contributed by atoms with E-state index in [-0.39, 0.29) is 18.3 Å². The predicted octanol–water partition coefficient (Wildman–Crippen LogP) is 3.96. The van der Waals surface area contributed by atoms with Crippen LogP contribution >= 0.6 is 0 Å². The third kappa shape index (κ3) is 4.48. The number of ether oxygens (including phenoxy) is 1. The standard InChI is InChI=1S/C21H20F2N2O2.C2H6/c1-24-8-10-25(11-9-24)21(26)18-13-27-19-7-6-16(23)12-17(19)20(18)14-2-4-15(22)5-3-14;1-2/h2-7,12H,8-11,13H2,1H3;1-2H3. The van der Waals surface area contributed by atoms with Gasteiger partial charge in [-0.3, -0.25) is 4.79 Å². The molecule has 0 radical (unpaired) electrons. The van der Waals surface area contributed by atoms with Crippen LogP contribution in [0.4, 0.5) is 8.78 Å². The molecule has 0 aromatic heterocycles. The lowest BCUT2D eigenvalue weighted by Crippen LogP contribution is -2.48. The Labute approximate surface area is 170 Å². The van der Waals surface area contributed by atoms with Crippen LogP contribution in [0.25, 0.3) is 5.57 Å². The van der Waals surface area contributed by atoms with Crippen molar-refractivity contribution in [1.29, 1.82) is 0 Å². The second kappa shape index (κ2) is 9.18. The quantitative estimate of drug-likeness (QED) is 0.765. The van der Waals surface area contributed by atoms with E-state index in [0.717, 1.165) is 13.1 Å². The molecule has 0 aliphatic carbocycles. The molecule has 2 aromatic rings. The number of likely N-dealkylation sites (N-methyl/N-ethyl adjacent to an activating group) is 1. The van der Waals surface area contributed by atoms with Crippen molar-refractivity contribution in [2.45, 2.75) is 13.8 Å². The summed E-state index contributed by atoms with van der Waals surface area (Å²) >= 11 is 0. The van der Waals surface area contributed by atoms with E-state index in [1.807, 2.05) is 20.9 Å². The lowest BCUT2D eigenvalue weighted by molar-refractivity contribution is -0.129. The van der Waals surface area contributed by atoms with Gasteiger partial charge >= 0.3 is 0 Å². The maximum Gasteiger partial charge on any atom is 0.253 e. The van der Waals surface area contributed by atoms with Gasteiger partial charge in [-0.15, -0.1) is 0 Å². The number of fused-ring (bicyclic) bond motifs is 1. The fraction of sp³-hybridized carbons (Fsp3) is 0.348. The molecule has 2 heterocycles. The van der Waals surface area contributed by atoms with E-state index in [1.165, 1.54) is 24.3 Å². The molecule has 1 fully saturated rings. The van der Waals surface area contributed by atoms with E-state index < -0.39 is 5.82 Å². The van der Waals surface area contributed by atoms with Gasteiger partial charge in [-0.25, -0.2) is 8.78 Å². The van der Waals surface area contributed by atoms with E-state index in [1.54, 1.807) is 23.1 Å². The molecule has 2 aliphatic heterocycles. The number of hydrogen-bond donors (Lipinski definition) is 0. The average Bonchev–Trinajstić information content (AvgIpc) is 2.75. The first-order valence-electron chi connectivity index (χ1n) is 9.92. The smallest absolute Gasteiger partial charge is 0.253 e. The van der Waals surface area contributed by atoms with Crippen molar-refractivity contribution in [1.82, 2.24) is 9.80 Å². The molecule has 0 saturated carbocycles. The van der Waals surface area contributed by atoms with Crippen molar-refractivity contribution in [3.8, 4) is 5.75 Å². The van der Waals surface area contributed by atoms with Crippen LogP contribution in [0.2, 0.25) is 0 Å². The lowest BCUT2D eigenvalue weighted by Gasteiger charge is -2.34. The van der Waals surface area contributed by atoms with Crippen molar-refractivity contribution < 1.29 is 18.3 Å². The largest absolute Gasteiger partial charge is 0.488 e. The Kier molecular flexibility index (Phi) is 6.64. The zero-order valence-corrected chi connectivity index (χ0v) is 17.0. The minimum Gasteiger partial charge on any atom is -0.488 e. The van der Waals surface area contributed by atoms with Crippen LogP contribution in [0.5, 0.6) is 5.75 Å². The zero-order chi connectivity index (χ0) is 21.0. The molecular formula is C23H26F2N2O2. The van der Waals surface area contributed by atoms with Crippen LogP contribution in [0.15, 0.2) is 48.0 Å². The molecule has 1 saturated heterocycles. The minimum absolute atomic E-state index is 0.108. The van der Waals surface area contributed by atoms with Gasteiger partial charge < -0.3 is 14.5 Å². The van der Waals surface area contributed by atoms with Gasteiger partial charge in [-0.1, -0.05) is 26.0 Å². The van der Waals surface area contributed by atoms with Crippen LogP contribution in [0, 0.1) is 11.6 Å². The summed E-state index contributed by atoms with van der Waals surface area (Å²) in [5.41, 5.74) is 2.28. The Morgan fingerprint density at radius 3 is 2.21 bits per heavy atom. The number of benzene rings is 2. The Morgan fingerprint density at radius 2 is 1.55 bits per heavy atom. The molecule has 154 valence electrons. The molecule has 0 bridgehead atoms. The van der Waals surface area contributed by atoms with Gasteiger partial charge in [0.25, 0.3) is 5.91 Å². The van der Waals surface area contributed by atoms with E-state index >= 15 is 0 Å². The Hall–Kier alpha value is -2.73. The van der Waals surface area contributed by atoms with E-state index in [2.05, 4.69) is 4.90 Å². The monoisotopic (exact) mass is 400 g/mol. The fourth-order valence-corrected chi connectivity index (χ4v) is 3.52. The Morgan fingerprint density at radius 1 is 0.931 bits per heavy atom. The molecule has 29 heavy (non-hydrogen) atoms. The summed E-state index contributed by atoms with van der Waals surface area (Å²) < 4.78 is 33.1. The minimum atomic E-state index is -0.412. The Bertz CT molecular complexity index is 902. The van der Waals surface area contributed by atoms with Gasteiger partial charge in [0.2, 0.25) is 0 Å². The summed E-state index contributed by atoms with van der Waals surface area (Å²) in [6.45, 7) is 6.97. The zero-order valence-electron chi connectivity index (χ0n) is 17.0. The molecule has 2 aliphatic rings. The highest BCUT2D eigenvalue weighted by Crippen LogP contribution is 2.38. The lowest BCUT2D eigenvalue weighted by atomic mass is 9.90. The molecule has 0 N–H and O–H groups in total. The molecular weight excluding hydrogens is 374 g/mol. The first kappa shape index (κ1) is 21.0. The second-order valence-electron chi connectivity index (χ2n) is 6.89. The van der Waals surface area contributed by atoms with Crippen LogP contribution in [-0.2, 0) is 4.79 Å².